The van der Waals surface area contributed by atoms with Crippen LogP contribution in [0.15, 0.2) is 30.3 Å². The second kappa shape index (κ2) is 7.25. The van der Waals surface area contributed by atoms with E-state index >= 15 is 0 Å². The minimum atomic E-state index is -0.293. The molecule has 2 heterocycles. The number of fused-ring (bicyclic) bond motifs is 1. The zero-order valence-electron chi connectivity index (χ0n) is 13.7. The second-order valence-electron chi connectivity index (χ2n) is 5.20. The first-order chi connectivity index (χ1) is 11.7. The number of aryl methyl sites for hydroxylation is 2. The maximum absolute atomic E-state index is 12.8. The van der Waals surface area contributed by atoms with Gasteiger partial charge in [0.25, 0.3) is 5.78 Å². The Kier molecular flexibility index (Phi) is 4.88. The van der Waals surface area contributed by atoms with Gasteiger partial charge >= 0.3 is 6.01 Å². The summed E-state index contributed by atoms with van der Waals surface area (Å²) in [6.45, 7) is 4.72. The summed E-state index contributed by atoms with van der Waals surface area (Å²) in [5.41, 5.74) is 2.03. The molecule has 24 heavy (non-hydrogen) atoms. The molecule has 0 aliphatic rings. The molecule has 0 aliphatic carbocycles. The first kappa shape index (κ1) is 16.2. The van der Waals surface area contributed by atoms with Crippen molar-refractivity contribution in [3.05, 3.63) is 47.5 Å². The topological polar surface area (TPSA) is 61.5 Å². The van der Waals surface area contributed by atoms with Crippen molar-refractivity contribution in [3.63, 3.8) is 0 Å². The average Bonchev–Trinajstić information content (AvgIpc) is 3.02. The zero-order chi connectivity index (χ0) is 16.9. The molecule has 0 aliphatic heterocycles. The summed E-state index contributed by atoms with van der Waals surface area (Å²) in [5.74, 6) is 0.837. The Hall–Kier alpha value is -2.70. The van der Waals surface area contributed by atoms with Gasteiger partial charge in [0.15, 0.2) is 0 Å². The van der Waals surface area contributed by atoms with Crippen LogP contribution in [0, 0.1) is 5.82 Å². The van der Waals surface area contributed by atoms with Gasteiger partial charge in [-0.2, -0.15) is 9.50 Å². The van der Waals surface area contributed by atoms with Gasteiger partial charge in [0, 0.05) is 11.4 Å². The van der Waals surface area contributed by atoms with Crippen molar-refractivity contribution in [2.24, 2.45) is 0 Å². The molecule has 0 N–H and O–H groups in total. The van der Waals surface area contributed by atoms with Crippen LogP contribution in [0.1, 0.15) is 25.2 Å². The van der Waals surface area contributed by atoms with E-state index in [0.717, 1.165) is 24.2 Å². The lowest BCUT2D eigenvalue weighted by molar-refractivity contribution is 0.206. The molecule has 0 saturated heterocycles. The van der Waals surface area contributed by atoms with Gasteiger partial charge in [0.05, 0.1) is 0 Å². The molecule has 0 amide bonds. The third kappa shape index (κ3) is 3.61. The van der Waals surface area contributed by atoms with Gasteiger partial charge in [-0.3, -0.25) is 0 Å². The Bertz CT molecular complexity index is 817. The van der Waals surface area contributed by atoms with Gasteiger partial charge in [-0.1, -0.05) is 13.8 Å². The van der Waals surface area contributed by atoms with E-state index < -0.39 is 0 Å². The van der Waals surface area contributed by atoms with Gasteiger partial charge < -0.3 is 9.47 Å². The Labute approximate surface area is 139 Å². The average molecular weight is 330 g/mol. The molecule has 6 nitrogen and oxygen atoms in total. The molecule has 0 bridgehead atoms. The van der Waals surface area contributed by atoms with E-state index in [1.54, 1.807) is 16.6 Å². The molecule has 0 radical (unpaired) electrons. The molecule has 3 rings (SSSR count). The fourth-order valence-corrected chi connectivity index (χ4v) is 2.28. The number of benzene rings is 1. The molecule has 126 valence electrons. The standard InChI is InChI=1S/C17H19FN4O2/c1-3-13-11-14(4-2)22-16(19-13)20-17(21-22)24-10-9-23-15-7-5-12(18)6-8-15/h5-8,11H,3-4,9-10H2,1-2H3. The molecular weight excluding hydrogens is 311 g/mol. The van der Waals surface area contributed by atoms with Crippen molar-refractivity contribution in [2.45, 2.75) is 26.7 Å². The van der Waals surface area contributed by atoms with Crippen molar-refractivity contribution in [3.8, 4) is 11.8 Å². The minimum Gasteiger partial charge on any atom is -0.490 e. The monoisotopic (exact) mass is 330 g/mol. The largest absolute Gasteiger partial charge is 0.490 e. The van der Waals surface area contributed by atoms with E-state index in [0.29, 0.717) is 18.1 Å². The van der Waals surface area contributed by atoms with Gasteiger partial charge in [-0.15, -0.1) is 5.10 Å². The van der Waals surface area contributed by atoms with Crippen LogP contribution in [0.2, 0.25) is 0 Å². The molecule has 0 fully saturated rings. The number of ether oxygens (including phenoxy) is 2. The first-order valence-corrected chi connectivity index (χ1v) is 7.96. The van der Waals surface area contributed by atoms with Crippen molar-refractivity contribution in [2.75, 3.05) is 13.2 Å². The number of halogens is 1. The molecule has 2 aromatic heterocycles. The maximum atomic E-state index is 12.8. The van der Waals surface area contributed by atoms with E-state index in [4.69, 9.17) is 9.47 Å². The van der Waals surface area contributed by atoms with Crippen molar-refractivity contribution in [1.29, 1.82) is 0 Å². The number of hydrogen-bond acceptors (Lipinski definition) is 5. The van der Waals surface area contributed by atoms with E-state index in [1.807, 2.05) is 6.07 Å². The van der Waals surface area contributed by atoms with Crippen LogP contribution < -0.4 is 9.47 Å². The highest BCUT2D eigenvalue weighted by Gasteiger charge is 2.10. The smallest absolute Gasteiger partial charge is 0.337 e. The highest BCUT2D eigenvalue weighted by molar-refractivity contribution is 5.33. The van der Waals surface area contributed by atoms with Gasteiger partial charge in [0.2, 0.25) is 0 Å². The predicted octanol–water partition coefficient (Wildman–Crippen LogP) is 2.85. The van der Waals surface area contributed by atoms with Crippen LogP contribution >= 0.6 is 0 Å². The minimum absolute atomic E-state index is 0.271. The maximum Gasteiger partial charge on any atom is 0.337 e. The molecule has 0 spiro atoms. The molecule has 1 aromatic carbocycles. The Morgan fingerprint density at radius 3 is 2.46 bits per heavy atom. The third-order valence-electron chi connectivity index (χ3n) is 3.54. The van der Waals surface area contributed by atoms with Crippen molar-refractivity contribution in [1.82, 2.24) is 19.6 Å². The Morgan fingerprint density at radius 2 is 1.75 bits per heavy atom. The summed E-state index contributed by atoms with van der Waals surface area (Å²) in [5, 5.41) is 4.33. The molecule has 0 saturated carbocycles. The summed E-state index contributed by atoms with van der Waals surface area (Å²) >= 11 is 0. The molecule has 0 unspecified atom stereocenters. The summed E-state index contributed by atoms with van der Waals surface area (Å²) in [4.78, 5) is 8.75. The quantitative estimate of drug-likeness (QED) is 0.623. The molecular formula is C17H19FN4O2. The lowest BCUT2D eigenvalue weighted by Gasteiger charge is -2.05. The second-order valence-corrected chi connectivity index (χ2v) is 5.20. The number of nitrogens with zero attached hydrogens (tertiary/aromatic N) is 4. The number of hydrogen-bond donors (Lipinski definition) is 0. The third-order valence-corrected chi connectivity index (χ3v) is 3.54. The van der Waals surface area contributed by atoms with Crippen LogP contribution in [-0.4, -0.2) is 32.8 Å². The normalized spacial score (nSPS) is 11.0. The Morgan fingerprint density at radius 1 is 1.00 bits per heavy atom. The fourth-order valence-electron chi connectivity index (χ4n) is 2.28. The highest BCUT2D eigenvalue weighted by Crippen LogP contribution is 2.13. The SMILES string of the molecule is CCc1cc(CC)n2nc(OCCOc3ccc(F)cc3)nc2n1. The van der Waals surface area contributed by atoms with Crippen LogP contribution in [0.5, 0.6) is 11.8 Å². The lowest BCUT2D eigenvalue weighted by Crippen LogP contribution is -2.09. The summed E-state index contributed by atoms with van der Waals surface area (Å²) in [6.07, 6.45) is 1.68. The van der Waals surface area contributed by atoms with E-state index in [9.17, 15) is 4.39 Å². The molecule has 7 heteroatoms. The van der Waals surface area contributed by atoms with Crippen LogP contribution in [0.4, 0.5) is 4.39 Å². The number of rotatable bonds is 7. The Balaban J connectivity index is 1.62. The first-order valence-electron chi connectivity index (χ1n) is 7.96. The van der Waals surface area contributed by atoms with Gasteiger partial charge in [-0.05, 0) is 43.2 Å². The van der Waals surface area contributed by atoms with Crippen molar-refractivity contribution >= 4 is 5.78 Å². The van der Waals surface area contributed by atoms with E-state index in [-0.39, 0.29) is 18.4 Å². The van der Waals surface area contributed by atoms with Crippen LogP contribution in [-0.2, 0) is 12.8 Å². The molecule has 0 atom stereocenters. The summed E-state index contributed by atoms with van der Waals surface area (Å²) < 4.78 is 25.5. The fraction of sp³-hybridized carbons (Fsp3) is 0.353. The van der Waals surface area contributed by atoms with Gasteiger partial charge in [-0.25, -0.2) is 9.37 Å². The van der Waals surface area contributed by atoms with Gasteiger partial charge in [0.1, 0.15) is 24.8 Å². The summed E-state index contributed by atoms with van der Waals surface area (Å²) in [6, 6.07) is 8.15. The van der Waals surface area contributed by atoms with E-state index in [1.165, 1.54) is 12.1 Å². The lowest BCUT2D eigenvalue weighted by atomic mass is 10.2. The van der Waals surface area contributed by atoms with Crippen molar-refractivity contribution < 1.29 is 13.9 Å². The van der Waals surface area contributed by atoms with Crippen LogP contribution in [0.25, 0.3) is 5.78 Å². The predicted molar refractivity (Wildman–Crippen MR) is 86.9 cm³/mol. The molecule has 3 aromatic rings. The highest BCUT2D eigenvalue weighted by atomic mass is 19.1. The van der Waals surface area contributed by atoms with Crippen LogP contribution in [0.3, 0.4) is 0 Å². The number of aromatic nitrogens is 4. The van der Waals surface area contributed by atoms with E-state index in [2.05, 4.69) is 28.9 Å². The summed E-state index contributed by atoms with van der Waals surface area (Å²) in [7, 11) is 0. The zero-order valence-corrected chi connectivity index (χ0v) is 13.7.